The van der Waals surface area contributed by atoms with E-state index in [1.54, 1.807) is 68.6 Å². The third-order valence-corrected chi connectivity index (χ3v) is 5.76. The van der Waals surface area contributed by atoms with Crippen LogP contribution in [0.15, 0.2) is 54.6 Å². The first-order chi connectivity index (χ1) is 14.8. The van der Waals surface area contributed by atoms with Gasteiger partial charge < -0.3 is 15.4 Å². The van der Waals surface area contributed by atoms with Crippen molar-refractivity contribution in [2.45, 2.75) is 25.8 Å². The van der Waals surface area contributed by atoms with E-state index in [0.29, 0.717) is 36.5 Å². The van der Waals surface area contributed by atoms with Gasteiger partial charge in [0.2, 0.25) is 15.9 Å². The Hall–Kier alpha value is -2.91. The number of hydrogen-bond acceptors (Lipinski definition) is 5. The zero-order chi connectivity index (χ0) is 22.9. The second-order valence-corrected chi connectivity index (χ2v) is 8.81. The minimum Gasteiger partial charge on any atom is -0.385 e. The van der Waals surface area contributed by atoms with Gasteiger partial charge in [-0.2, -0.15) is 0 Å². The summed E-state index contributed by atoms with van der Waals surface area (Å²) in [4.78, 5) is 25.7. The maximum atomic E-state index is 13.1. The van der Waals surface area contributed by atoms with Gasteiger partial charge in [-0.15, -0.1) is 0 Å². The van der Waals surface area contributed by atoms with E-state index in [0.717, 1.165) is 10.6 Å². The molecule has 2 aromatic rings. The smallest absolute Gasteiger partial charge is 0.253 e. The molecule has 8 nitrogen and oxygen atoms in total. The number of sulfonamides is 1. The van der Waals surface area contributed by atoms with Crippen molar-refractivity contribution in [3.8, 4) is 0 Å². The van der Waals surface area contributed by atoms with E-state index in [9.17, 15) is 18.0 Å². The highest BCUT2D eigenvalue weighted by Gasteiger charge is 2.31. The van der Waals surface area contributed by atoms with Crippen molar-refractivity contribution in [3.63, 3.8) is 0 Å². The molecule has 2 aromatic carbocycles. The van der Waals surface area contributed by atoms with E-state index < -0.39 is 22.0 Å². The van der Waals surface area contributed by atoms with Crippen molar-refractivity contribution in [2.24, 2.45) is 0 Å². The number of carbonyl (C=O) groups is 2. The van der Waals surface area contributed by atoms with Gasteiger partial charge in [-0.25, -0.2) is 8.42 Å². The maximum Gasteiger partial charge on any atom is 0.253 e. The summed E-state index contributed by atoms with van der Waals surface area (Å²) in [5.41, 5.74) is 1.02. The summed E-state index contributed by atoms with van der Waals surface area (Å²) < 4.78 is 31.1. The van der Waals surface area contributed by atoms with Crippen LogP contribution in [0.4, 0.5) is 11.4 Å². The quantitative estimate of drug-likeness (QED) is 0.515. The largest absolute Gasteiger partial charge is 0.385 e. The fourth-order valence-corrected chi connectivity index (χ4v) is 4.37. The van der Waals surface area contributed by atoms with Gasteiger partial charge >= 0.3 is 0 Å². The van der Waals surface area contributed by atoms with Gasteiger partial charge in [0.25, 0.3) is 5.91 Å². The zero-order valence-corrected chi connectivity index (χ0v) is 18.8. The molecule has 9 heteroatoms. The Balaban J connectivity index is 2.25. The van der Waals surface area contributed by atoms with Crippen LogP contribution in [0.3, 0.4) is 0 Å². The number of para-hydroxylation sites is 2. The number of amides is 2. The third-order valence-electron chi connectivity index (χ3n) is 4.58. The van der Waals surface area contributed by atoms with Crippen LogP contribution in [-0.2, 0) is 19.6 Å². The van der Waals surface area contributed by atoms with Crippen LogP contribution in [0.25, 0.3) is 0 Å². The van der Waals surface area contributed by atoms with Gasteiger partial charge in [-0.1, -0.05) is 37.3 Å². The summed E-state index contributed by atoms with van der Waals surface area (Å²) in [6, 6.07) is 14.1. The van der Waals surface area contributed by atoms with Gasteiger partial charge in [-0.05, 0) is 37.1 Å². The number of nitrogens with one attached hydrogen (secondary N) is 2. The second kappa shape index (κ2) is 11.5. The Morgan fingerprint density at radius 2 is 1.71 bits per heavy atom. The normalized spacial score (nSPS) is 12.1. The molecule has 1 atom stereocenters. The number of carbonyl (C=O) groups excluding carboxylic acids is 2. The third kappa shape index (κ3) is 6.80. The summed E-state index contributed by atoms with van der Waals surface area (Å²) in [6.07, 6.45) is 1.98. The van der Waals surface area contributed by atoms with Gasteiger partial charge in [-0.3, -0.25) is 13.9 Å². The zero-order valence-electron chi connectivity index (χ0n) is 18.0. The number of rotatable bonds is 11. The summed E-state index contributed by atoms with van der Waals surface area (Å²) in [6.45, 7) is 2.69. The van der Waals surface area contributed by atoms with Gasteiger partial charge in [0.1, 0.15) is 6.04 Å². The lowest BCUT2D eigenvalue weighted by Crippen LogP contribution is -2.47. The van der Waals surface area contributed by atoms with Crippen LogP contribution < -0.4 is 14.9 Å². The molecule has 0 saturated carbocycles. The molecule has 2 N–H and O–H groups in total. The monoisotopic (exact) mass is 447 g/mol. The van der Waals surface area contributed by atoms with Crippen LogP contribution in [0.5, 0.6) is 0 Å². The van der Waals surface area contributed by atoms with Crippen LogP contribution in [0, 0.1) is 0 Å². The summed E-state index contributed by atoms with van der Waals surface area (Å²) >= 11 is 0. The summed E-state index contributed by atoms with van der Waals surface area (Å²) in [5, 5.41) is 5.52. The van der Waals surface area contributed by atoms with Crippen molar-refractivity contribution < 1.29 is 22.7 Å². The van der Waals surface area contributed by atoms with Crippen molar-refractivity contribution in [2.75, 3.05) is 36.1 Å². The molecule has 0 aliphatic rings. The summed E-state index contributed by atoms with van der Waals surface area (Å²) in [5.74, 6) is -0.848. The Kier molecular flexibility index (Phi) is 9.02. The molecule has 2 rings (SSSR count). The molecule has 0 spiro atoms. The molecule has 0 aliphatic heterocycles. The van der Waals surface area contributed by atoms with E-state index in [1.807, 2.05) is 0 Å². The first kappa shape index (κ1) is 24.4. The standard InChI is InChI=1S/C22H29N3O5S/c1-4-20(25(31(3,28)29)17-11-6-5-7-12-17)22(27)24-19-14-9-8-13-18(19)21(26)23-15-10-16-30-2/h5-9,11-14,20H,4,10,15-16H2,1-3H3,(H,23,26)(H,24,27)/t20-/m1/s1. The maximum absolute atomic E-state index is 13.1. The predicted molar refractivity (Wildman–Crippen MR) is 122 cm³/mol. The number of nitrogens with zero attached hydrogens (tertiary/aromatic N) is 1. The Bertz CT molecular complexity index is 980. The Morgan fingerprint density at radius 3 is 2.32 bits per heavy atom. The second-order valence-electron chi connectivity index (χ2n) is 6.96. The molecule has 0 aromatic heterocycles. The van der Waals surface area contributed by atoms with Gasteiger partial charge in [0, 0.05) is 20.3 Å². The molecule has 2 amide bonds. The lowest BCUT2D eigenvalue weighted by atomic mass is 10.1. The van der Waals surface area contributed by atoms with E-state index in [-0.39, 0.29) is 12.3 Å². The molecule has 0 radical (unpaired) electrons. The highest BCUT2D eigenvalue weighted by atomic mass is 32.2. The molecule has 0 unspecified atom stereocenters. The average Bonchev–Trinajstić information content (AvgIpc) is 2.74. The SMILES string of the molecule is CC[C@H](C(=O)Nc1ccccc1C(=O)NCCCOC)N(c1ccccc1)S(C)(=O)=O. The molecule has 0 bridgehead atoms. The molecule has 0 heterocycles. The van der Waals surface area contributed by atoms with Crippen LogP contribution in [0.2, 0.25) is 0 Å². The first-order valence-corrected chi connectivity index (χ1v) is 11.9. The molecule has 31 heavy (non-hydrogen) atoms. The minimum absolute atomic E-state index is 0.249. The average molecular weight is 448 g/mol. The Labute approximate surface area is 183 Å². The molecular formula is C22H29N3O5S. The van der Waals surface area contributed by atoms with E-state index >= 15 is 0 Å². The van der Waals surface area contributed by atoms with E-state index in [4.69, 9.17) is 4.74 Å². The van der Waals surface area contributed by atoms with Crippen molar-refractivity contribution in [1.29, 1.82) is 0 Å². The predicted octanol–water partition coefficient (Wildman–Crippen LogP) is 2.64. The van der Waals surface area contributed by atoms with E-state index in [2.05, 4.69) is 10.6 Å². The minimum atomic E-state index is -3.73. The topological polar surface area (TPSA) is 105 Å². The van der Waals surface area contributed by atoms with Crippen LogP contribution >= 0.6 is 0 Å². The molecular weight excluding hydrogens is 418 g/mol. The number of ether oxygens (including phenoxy) is 1. The van der Waals surface area contributed by atoms with E-state index in [1.165, 1.54) is 0 Å². The fraction of sp³-hybridized carbons (Fsp3) is 0.364. The fourth-order valence-electron chi connectivity index (χ4n) is 3.15. The molecule has 0 fully saturated rings. The number of benzene rings is 2. The van der Waals surface area contributed by atoms with Crippen molar-refractivity contribution >= 4 is 33.2 Å². The highest BCUT2D eigenvalue weighted by molar-refractivity contribution is 7.92. The van der Waals surface area contributed by atoms with Crippen molar-refractivity contribution in [1.82, 2.24) is 5.32 Å². The summed E-state index contributed by atoms with van der Waals surface area (Å²) in [7, 11) is -2.14. The Morgan fingerprint density at radius 1 is 1.06 bits per heavy atom. The molecule has 0 aliphatic carbocycles. The highest BCUT2D eigenvalue weighted by Crippen LogP contribution is 2.24. The first-order valence-electron chi connectivity index (χ1n) is 10.0. The molecule has 168 valence electrons. The number of methoxy groups -OCH3 is 1. The lowest BCUT2D eigenvalue weighted by Gasteiger charge is -2.30. The number of hydrogen-bond donors (Lipinski definition) is 2. The van der Waals surface area contributed by atoms with Gasteiger partial charge in [0.15, 0.2) is 0 Å². The van der Waals surface area contributed by atoms with Crippen LogP contribution in [0.1, 0.15) is 30.1 Å². The van der Waals surface area contributed by atoms with Gasteiger partial charge in [0.05, 0.1) is 23.2 Å². The van der Waals surface area contributed by atoms with Crippen molar-refractivity contribution in [3.05, 3.63) is 60.2 Å². The molecule has 0 saturated heterocycles. The number of anilines is 2. The lowest BCUT2D eigenvalue weighted by molar-refractivity contribution is -0.117. The van der Waals surface area contributed by atoms with Crippen LogP contribution in [-0.4, -0.2) is 52.8 Å².